The van der Waals surface area contributed by atoms with Gasteiger partial charge in [0.25, 0.3) is 5.91 Å². The third-order valence-corrected chi connectivity index (χ3v) is 5.32. The summed E-state index contributed by atoms with van der Waals surface area (Å²) in [4.78, 5) is 13.5. The number of amides is 1. The molecule has 0 radical (unpaired) electrons. The number of carbonyl (C=O) groups is 1. The first-order chi connectivity index (χ1) is 9.23. The van der Waals surface area contributed by atoms with E-state index in [-0.39, 0.29) is 15.5 Å². The number of thiophene rings is 1. The standard InChI is InChI=1S/C12H21N3O3S2/c1-4-6-15(7-5-2)12-10(20(3,17)18)8(13)9(19-12)11(14)16/h4-7,13H2,1-3H3,(H2,14,16). The summed E-state index contributed by atoms with van der Waals surface area (Å²) in [6.45, 7) is 5.42. The van der Waals surface area contributed by atoms with Crippen LogP contribution in [0.5, 0.6) is 0 Å². The lowest BCUT2D eigenvalue weighted by Crippen LogP contribution is -2.25. The number of hydrogen-bond donors (Lipinski definition) is 2. The number of rotatable bonds is 7. The zero-order valence-corrected chi connectivity index (χ0v) is 13.6. The fourth-order valence-electron chi connectivity index (χ4n) is 2.02. The highest BCUT2D eigenvalue weighted by molar-refractivity contribution is 7.91. The van der Waals surface area contributed by atoms with Gasteiger partial charge in [-0.15, -0.1) is 11.3 Å². The molecule has 0 aliphatic carbocycles. The average Bonchev–Trinajstić information content (AvgIpc) is 2.66. The van der Waals surface area contributed by atoms with E-state index in [2.05, 4.69) is 0 Å². The van der Waals surface area contributed by atoms with Gasteiger partial charge in [0.15, 0.2) is 9.84 Å². The number of nitrogens with two attached hydrogens (primary N) is 2. The number of anilines is 2. The molecule has 114 valence electrons. The number of sulfone groups is 1. The maximum absolute atomic E-state index is 12.0. The van der Waals surface area contributed by atoms with Gasteiger partial charge in [0.05, 0.1) is 5.69 Å². The summed E-state index contributed by atoms with van der Waals surface area (Å²) in [6.07, 6.45) is 2.83. The third-order valence-electron chi connectivity index (χ3n) is 2.75. The van der Waals surface area contributed by atoms with E-state index in [1.165, 1.54) is 0 Å². The first-order valence-electron chi connectivity index (χ1n) is 6.41. The lowest BCUT2D eigenvalue weighted by molar-refractivity contribution is 0.100. The van der Waals surface area contributed by atoms with Gasteiger partial charge >= 0.3 is 0 Å². The molecular weight excluding hydrogens is 298 g/mol. The summed E-state index contributed by atoms with van der Waals surface area (Å²) in [7, 11) is -3.52. The van der Waals surface area contributed by atoms with Crippen molar-refractivity contribution in [3.05, 3.63) is 4.88 Å². The molecule has 1 heterocycles. The monoisotopic (exact) mass is 319 g/mol. The normalized spacial score (nSPS) is 11.6. The van der Waals surface area contributed by atoms with Crippen molar-refractivity contribution in [2.75, 3.05) is 30.0 Å². The maximum atomic E-state index is 12.0. The molecule has 20 heavy (non-hydrogen) atoms. The van der Waals surface area contributed by atoms with Gasteiger partial charge in [0.2, 0.25) is 0 Å². The highest BCUT2D eigenvalue weighted by atomic mass is 32.2. The van der Waals surface area contributed by atoms with Crippen LogP contribution in [-0.2, 0) is 9.84 Å². The van der Waals surface area contributed by atoms with E-state index >= 15 is 0 Å². The number of primary amides is 1. The average molecular weight is 319 g/mol. The van der Waals surface area contributed by atoms with Crippen LogP contribution in [0.3, 0.4) is 0 Å². The van der Waals surface area contributed by atoms with Crippen LogP contribution in [0, 0.1) is 0 Å². The van der Waals surface area contributed by atoms with Crippen molar-refractivity contribution in [1.82, 2.24) is 0 Å². The van der Waals surface area contributed by atoms with Crippen molar-refractivity contribution in [3.8, 4) is 0 Å². The first-order valence-corrected chi connectivity index (χ1v) is 9.11. The van der Waals surface area contributed by atoms with Gasteiger partial charge in [-0.1, -0.05) is 13.8 Å². The molecular formula is C12H21N3O3S2. The predicted octanol–water partition coefficient (Wildman–Crippen LogP) is 1.46. The molecule has 0 aliphatic heterocycles. The summed E-state index contributed by atoms with van der Waals surface area (Å²) in [5.74, 6) is -0.698. The maximum Gasteiger partial charge on any atom is 0.261 e. The molecule has 1 amide bonds. The van der Waals surface area contributed by atoms with Gasteiger partial charge in [-0.05, 0) is 12.8 Å². The second kappa shape index (κ2) is 6.45. The van der Waals surface area contributed by atoms with Gasteiger partial charge in [-0.25, -0.2) is 8.42 Å². The molecule has 0 atom stereocenters. The lowest BCUT2D eigenvalue weighted by Gasteiger charge is -2.23. The fourth-order valence-corrected chi connectivity index (χ4v) is 4.63. The molecule has 8 heteroatoms. The summed E-state index contributed by atoms with van der Waals surface area (Å²) in [5, 5.41) is 0.516. The number of hydrogen-bond acceptors (Lipinski definition) is 6. The molecule has 0 fully saturated rings. The van der Waals surface area contributed by atoms with E-state index in [1.807, 2.05) is 18.7 Å². The molecule has 0 saturated heterocycles. The van der Waals surface area contributed by atoms with Gasteiger partial charge in [0.1, 0.15) is 14.8 Å². The van der Waals surface area contributed by atoms with E-state index in [9.17, 15) is 13.2 Å². The fraction of sp³-hybridized carbons (Fsp3) is 0.583. The topological polar surface area (TPSA) is 106 Å². The summed E-state index contributed by atoms with van der Waals surface area (Å²) in [6, 6.07) is 0. The van der Waals surface area contributed by atoms with E-state index in [0.29, 0.717) is 18.1 Å². The van der Waals surface area contributed by atoms with Crippen LogP contribution in [0.4, 0.5) is 10.7 Å². The summed E-state index contributed by atoms with van der Waals surface area (Å²) < 4.78 is 23.9. The van der Waals surface area contributed by atoms with Gasteiger partial charge in [-0.3, -0.25) is 4.79 Å². The Labute approximate surface area is 123 Å². The molecule has 4 N–H and O–H groups in total. The molecule has 0 saturated carbocycles. The summed E-state index contributed by atoms with van der Waals surface area (Å²) >= 11 is 1.06. The predicted molar refractivity (Wildman–Crippen MR) is 83.2 cm³/mol. The minimum absolute atomic E-state index is 0.0261. The van der Waals surface area contributed by atoms with Crippen LogP contribution in [0.25, 0.3) is 0 Å². The van der Waals surface area contributed by atoms with Crippen LogP contribution >= 0.6 is 11.3 Å². The zero-order chi connectivity index (χ0) is 15.5. The molecule has 0 bridgehead atoms. The SMILES string of the molecule is CCCN(CCC)c1sc(C(N)=O)c(N)c1S(C)(=O)=O. The van der Waals surface area contributed by atoms with Gasteiger partial charge in [-0.2, -0.15) is 0 Å². The van der Waals surface area contributed by atoms with Crippen molar-refractivity contribution in [2.24, 2.45) is 5.73 Å². The van der Waals surface area contributed by atoms with Crippen molar-refractivity contribution in [3.63, 3.8) is 0 Å². The molecule has 1 rings (SSSR count). The van der Waals surface area contributed by atoms with Crippen molar-refractivity contribution in [2.45, 2.75) is 31.6 Å². The van der Waals surface area contributed by atoms with Crippen molar-refractivity contribution in [1.29, 1.82) is 0 Å². The Kier molecular flexibility index (Phi) is 5.41. The Morgan fingerprint density at radius 3 is 2.10 bits per heavy atom. The van der Waals surface area contributed by atoms with Crippen molar-refractivity contribution < 1.29 is 13.2 Å². The molecule has 0 unspecified atom stereocenters. The number of carbonyl (C=O) groups excluding carboxylic acids is 1. The van der Waals surface area contributed by atoms with E-state index < -0.39 is 15.7 Å². The zero-order valence-electron chi connectivity index (χ0n) is 12.0. The van der Waals surface area contributed by atoms with Gasteiger partial charge in [0, 0.05) is 19.3 Å². The van der Waals surface area contributed by atoms with Crippen LogP contribution < -0.4 is 16.4 Å². The van der Waals surface area contributed by atoms with Crippen LogP contribution in [0.2, 0.25) is 0 Å². The number of nitrogens with zero attached hydrogens (tertiary/aromatic N) is 1. The first kappa shape index (κ1) is 16.8. The Morgan fingerprint density at radius 1 is 1.25 bits per heavy atom. The van der Waals surface area contributed by atoms with Crippen LogP contribution in [0.15, 0.2) is 4.90 Å². The van der Waals surface area contributed by atoms with Crippen molar-refractivity contribution >= 4 is 37.8 Å². The van der Waals surface area contributed by atoms with E-state index in [1.54, 1.807) is 0 Å². The molecule has 1 aromatic heterocycles. The second-order valence-electron chi connectivity index (χ2n) is 4.60. The Hall–Kier alpha value is -1.28. The Morgan fingerprint density at radius 2 is 1.75 bits per heavy atom. The highest BCUT2D eigenvalue weighted by Crippen LogP contribution is 2.41. The largest absolute Gasteiger partial charge is 0.396 e. The molecule has 1 aromatic rings. The molecule has 0 aromatic carbocycles. The Bertz CT molecular complexity index is 587. The summed E-state index contributed by atoms with van der Waals surface area (Å²) in [5.41, 5.74) is 11.1. The third kappa shape index (κ3) is 3.43. The highest BCUT2D eigenvalue weighted by Gasteiger charge is 2.28. The minimum atomic E-state index is -3.52. The minimum Gasteiger partial charge on any atom is -0.396 e. The van der Waals surface area contributed by atoms with Crippen LogP contribution in [-0.4, -0.2) is 33.7 Å². The van der Waals surface area contributed by atoms with E-state index in [0.717, 1.165) is 30.4 Å². The second-order valence-corrected chi connectivity index (χ2v) is 7.55. The molecule has 0 aliphatic rings. The van der Waals surface area contributed by atoms with Crippen LogP contribution in [0.1, 0.15) is 36.4 Å². The molecule has 6 nitrogen and oxygen atoms in total. The van der Waals surface area contributed by atoms with Gasteiger partial charge < -0.3 is 16.4 Å². The Balaban J connectivity index is 3.51. The quantitative estimate of drug-likeness (QED) is 0.791. The molecule has 0 spiro atoms. The lowest BCUT2D eigenvalue weighted by atomic mass is 10.3. The number of nitrogen functional groups attached to an aromatic ring is 1. The smallest absolute Gasteiger partial charge is 0.261 e. The van der Waals surface area contributed by atoms with E-state index in [4.69, 9.17) is 11.5 Å².